The minimum absolute atomic E-state index is 0.106. The Labute approximate surface area is 99.9 Å². The fourth-order valence-electron chi connectivity index (χ4n) is 2.16. The number of hydrogen-bond acceptors (Lipinski definition) is 2. The number of benzene rings is 1. The Kier molecular flexibility index (Phi) is 3.43. The molecule has 0 radical (unpaired) electrons. The molecule has 1 amide bonds. The van der Waals surface area contributed by atoms with Gasteiger partial charge in [-0.3, -0.25) is 4.79 Å². The average molecular weight is 237 g/mol. The highest BCUT2D eigenvalue weighted by Crippen LogP contribution is 2.28. The molecule has 1 saturated carbocycles. The second-order valence-electron chi connectivity index (χ2n) is 4.66. The lowest BCUT2D eigenvalue weighted by Crippen LogP contribution is -2.39. The second-order valence-corrected chi connectivity index (χ2v) is 4.66. The predicted octanol–water partition coefficient (Wildman–Crippen LogP) is 1.67. The summed E-state index contributed by atoms with van der Waals surface area (Å²) in [5.74, 6) is -0.451. The van der Waals surface area contributed by atoms with Crippen LogP contribution < -0.4 is 0 Å². The van der Waals surface area contributed by atoms with Gasteiger partial charge in [0.1, 0.15) is 5.82 Å². The third-order valence-corrected chi connectivity index (χ3v) is 3.19. The summed E-state index contributed by atoms with van der Waals surface area (Å²) in [6.07, 6.45) is 1.24. The third kappa shape index (κ3) is 2.64. The van der Waals surface area contributed by atoms with Crippen molar-refractivity contribution in [2.75, 3.05) is 13.6 Å². The number of aliphatic hydroxyl groups excluding tert-OH is 1. The standard InChI is InChI=1S/C13H16FNO2/c1-15(8-9-6-10(16)7-9)13(17)11-4-2-3-5-12(11)14/h2-5,9-10,16H,6-8H2,1H3. The number of nitrogens with zero attached hydrogens (tertiary/aromatic N) is 1. The number of amides is 1. The zero-order valence-corrected chi connectivity index (χ0v) is 9.77. The van der Waals surface area contributed by atoms with Crippen molar-refractivity contribution in [2.24, 2.45) is 5.92 Å². The molecule has 0 saturated heterocycles. The molecule has 1 aromatic rings. The van der Waals surface area contributed by atoms with Crippen molar-refractivity contribution in [1.82, 2.24) is 4.90 Å². The molecule has 0 atom stereocenters. The smallest absolute Gasteiger partial charge is 0.256 e. The van der Waals surface area contributed by atoms with E-state index in [1.165, 1.54) is 17.0 Å². The van der Waals surface area contributed by atoms with Crippen LogP contribution in [0.1, 0.15) is 23.2 Å². The van der Waals surface area contributed by atoms with Crippen LogP contribution in [0.4, 0.5) is 4.39 Å². The van der Waals surface area contributed by atoms with Crippen molar-refractivity contribution in [3.8, 4) is 0 Å². The van der Waals surface area contributed by atoms with Gasteiger partial charge in [0.15, 0.2) is 0 Å². The summed E-state index contributed by atoms with van der Waals surface area (Å²) in [6, 6.07) is 5.99. The van der Waals surface area contributed by atoms with Crippen LogP contribution in [0.15, 0.2) is 24.3 Å². The summed E-state index contributed by atoms with van der Waals surface area (Å²) in [5, 5.41) is 9.17. The number of rotatable bonds is 3. The van der Waals surface area contributed by atoms with Crippen LogP contribution in [0.5, 0.6) is 0 Å². The predicted molar refractivity (Wildman–Crippen MR) is 62.1 cm³/mol. The number of halogens is 1. The minimum atomic E-state index is -0.488. The van der Waals surface area contributed by atoms with E-state index in [1.807, 2.05) is 0 Å². The molecular weight excluding hydrogens is 221 g/mol. The largest absolute Gasteiger partial charge is 0.393 e. The molecule has 0 bridgehead atoms. The SMILES string of the molecule is CN(CC1CC(O)C1)C(=O)c1ccccc1F. The van der Waals surface area contributed by atoms with Crippen molar-refractivity contribution in [3.63, 3.8) is 0 Å². The Balaban J connectivity index is 1.97. The molecule has 0 unspecified atom stereocenters. The first-order valence-corrected chi connectivity index (χ1v) is 5.76. The molecule has 1 N–H and O–H groups in total. The van der Waals surface area contributed by atoms with E-state index in [1.54, 1.807) is 19.2 Å². The van der Waals surface area contributed by atoms with Gasteiger partial charge in [-0.05, 0) is 30.9 Å². The Bertz CT molecular complexity index is 416. The fourth-order valence-corrected chi connectivity index (χ4v) is 2.16. The zero-order valence-electron chi connectivity index (χ0n) is 9.77. The summed E-state index contributed by atoms with van der Waals surface area (Å²) in [7, 11) is 1.67. The fraction of sp³-hybridized carbons (Fsp3) is 0.462. The lowest BCUT2D eigenvalue weighted by atomic mass is 9.82. The van der Waals surface area contributed by atoms with Gasteiger partial charge in [0, 0.05) is 13.6 Å². The maximum absolute atomic E-state index is 13.4. The molecule has 0 aliphatic heterocycles. The molecule has 4 heteroatoms. The van der Waals surface area contributed by atoms with Gasteiger partial charge in [-0.2, -0.15) is 0 Å². The van der Waals surface area contributed by atoms with E-state index >= 15 is 0 Å². The van der Waals surface area contributed by atoms with Gasteiger partial charge in [-0.15, -0.1) is 0 Å². The maximum atomic E-state index is 13.4. The molecule has 0 aromatic heterocycles. The molecule has 92 valence electrons. The first kappa shape index (κ1) is 12.0. The highest BCUT2D eigenvalue weighted by molar-refractivity contribution is 5.94. The number of aliphatic hydroxyl groups is 1. The van der Waals surface area contributed by atoms with Crippen LogP contribution in [-0.2, 0) is 0 Å². The van der Waals surface area contributed by atoms with Crippen LogP contribution in [0.2, 0.25) is 0 Å². The van der Waals surface area contributed by atoms with E-state index in [-0.39, 0.29) is 17.6 Å². The quantitative estimate of drug-likeness (QED) is 0.868. The van der Waals surface area contributed by atoms with Crippen LogP contribution in [0.25, 0.3) is 0 Å². The summed E-state index contributed by atoms with van der Waals surface area (Å²) < 4.78 is 13.4. The van der Waals surface area contributed by atoms with Gasteiger partial charge in [0.05, 0.1) is 11.7 Å². The molecule has 1 aliphatic rings. The molecule has 0 heterocycles. The third-order valence-electron chi connectivity index (χ3n) is 3.19. The highest BCUT2D eigenvalue weighted by Gasteiger charge is 2.29. The molecule has 1 aromatic carbocycles. The van der Waals surface area contributed by atoms with Gasteiger partial charge in [0.25, 0.3) is 5.91 Å². The summed E-state index contributed by atoms with van der Waals surface area (Å²) in [4.78, 5) is 13.5. The normalized spacial score (nSPS) is 23.0. The molecule has 0 spiro atoms. The van der Waals surface area contributed by atoms with E-state index in [0.29, 0.717) is 12.5 Å². The molecule has 2 rings (SSSR count). The van der Waals surface area contributed by atoms with Crippen molar-refractivity contribution in [2.45, 2.75) is 18.9 Å². The Hall–Kier alpha value is -1.42. The summed E-state index contributed by atoms with van der Waals surface area (Å²) >= 11 is 0. The van der Waals surface area contributed by atoms with E-state index in [2.05, 4.69) is 0 Å². The highest BCUT2D eigenvalue weighted by atomic mass is 19.1. The molecule has 1 fully saturated rings. The molecule has 1 aliphatic carbocycles. The number of carbonyl (C=O) groups excluding carboxylic acids is 1. The van der Waals surface area contributed by atoms with Gasteiger partial charge >= 0.3 is 0 Å². The van der Waals surface area contributed by atoms with Crippen molar-refractivity contribution in [1.29, 1.82) is 0 Å². The van der Waals surface area contributed by atoms with Gasteiger partial charge < -0.3 is 10.0 Å². The first-order chi connectivity index (χ1) is 8.08. The summed E-state index contributed by atoms with van der Waals surface area (Å²) in [6.45, 7) is 0.574. The Morgan fingerprint density at radius 3 is 2.71 bits per heavy atom. The molecule has 3 nitrogen and oxygen atoms in total. The van der Waals surface area contributed by atoms with E-state index < -0.39 is 5.82 Å². The van der Waals surface area contributed by atoms with Crippen LogP contribution in [0, 0.1) is 11.7 Å². The zero-order chi connectivity index (χ0) is 12.4. The van der Waals surface area contributed by atoms with E-state index in [0.717, 1.165) is 12.8 Å². The summed E-state index contributed by atoms with van der Waals surface area (Å²) in [5.41, 5.74) is 0.106. The average Bonchev–Trinajstić information content (AvgIpc) is 2.26. The van der Waals surface area contributed by atoms with Crippen molar-refractivity contribution < 1.29 is 14.3 Å². The maximum Gasteiger partial charge on any atom is 0.256 e. The number of hydrogen-bond donors (Lipinski definition) is 1. The topological polar surface area (TPSA) is 40.5 Å². The van der Waals surface area contributed by atoms with Gasteiger partial charge in [-0.1, -0.05) is 12.1 Å². The van der Waals surface area contributed by atoms with Gasteiger partial charge in [0.2, 0.25) is 0 Å². The second kappa shape index (κ2) is 4.84. The monoisotopic (exact) mass is 237 g/mol. The van der Waals surface area contributed by atoms with E-state index in [9.17, 15) is 9.18 Å². The lowest BCUT2D eigenvalue weighted by molar-refractivity contribution is 0.0264. The van der Waals surface area contributed by atoms with E-state index in [4.69, 9.17) is 5.11 Å². The Morgan fingerprint density at radius 1 is 1.47 bits per heavy atom. The molecule has 17 heavy (non-hydrogen) atoms. The Morgan fingerprint density at radius 2 is 2.12 bits per heavy atom. The lowest BCUT2D eigenvalue weighted by Gasteiger charge is -2.34. The van der Waals surface area contributed by atoms with Crippen molar-refractivity contribution >= 4 is 5.91 Å². The van der Waals surface area contributed by atoms with Gasteiger partial charge in [-0.25, -0.2) is 4.39 Å². The minimum Gasteiger partial charge on any atom is -0.393 e. The molecular formula is C13H16FNO2. The van der Waals surface area contributed by atoms with Crippen LogP contribution in [-0.4, -0.2) is 35.6 Å². The first-order valence-electron chi connectivity index (χ1n) is 5.76. The van der Waals surface area contributed by atoms with Crippen molar-refractivity contribution in [3.05, 3.63) is 35.6 Å². The van der Waals surface area contributed by atoms with Crippen LogP contribution >= 0.6 is 0 Å². The number of carbonyl (C=O) groups is 1. The van der Waals surface area contributed by atoms with Crippen LogP contribution in [0.3, 0.4) is 0 Å².